The molecule has 0 saturated carbocycles. The van der Waals surface area contributed by atoms with Gasteiger partial charge in [0, 0.05) is 37.0 Å². The summed E-state index contributed by atoms with van der Waals surface area (Å²) in [7, 11) is 1.79. The van der Waals surface area contributed by atoms with Crippen LogP contribution in [0, 0.1) is 20.8 Å². The summed E-state index contributed by atoms with van der Waals surface area (Å²) in [6.45, 7) is 11.8. The zero-order valence-corrected chi connectivity index (χ0v) is 17.5. The largest absolute Gasteiger partial charge is 0.491 e. The molecule has 2 aromatic rings. The first kappa shape index (κ1) is 20.2. The molecule has 142 valence electrons. The molecule has 2 N–H and O–H groups in total. The van der Waals surface area contributed by atoms with Crippen LogP contribution in [0.5, 0.6) is 5.75 Å². The van der Waals surface area contributed by atoms with Crippen molar-refractivity contribution in [1.29, 1.82) is 0 Å². The van der Waals surface area contributed by atoms with Crippen LogP contribution in [-0.4, -0.2) is 30.6 Å². The maximum absolute atomic E-state index is 5.94. The molecule has 1 aromatic carbocycles. The lowest BCUT2D eigenvalue weighted by molar-refractivity contribution is 0.239. The lowest BCUT2D eigenvalue weighted by atomic mass is 10.1. The number of rotatable bonds is 7. The Bertz CT molecular complexity index is 752. The van der Waals surface area contributed by atoms with Gasteiger partial charge in [-0.2, -0.15) is 0 Å². The molecule has 0 unspecified atom stereocenters. The third kappa shape index (κ3) is 6.02. The fourth-order valence-corrected chi connectivity index (χ4v) is 3.61. The summed E-state index contributed by atoms with van der Waals surface area (Å²) in [6.07, 6.45) is 1.10. The van der Waals surface area contributed by atoms with Crippen LogP contribution in [0.25, 0.3) is 0 Å². The molecule has 1 aromatic heterocycles. The number of hydrogen-bond donors (Lipinski definition) is 2. The number of aryl methyl sites for hydroxylation is 3. The number of hydrogen-bond acceptors (Lipinski definition) is 4. The number of nitrogens with zero attached hydrogens (tertiary/aromatic N) is 2. The Balaban J connectivity index is 1.89. The van der Waals surface area contributed by atoms with E-state index in [-0.39, 0.29) is 6.10 Å². The zero-order chi connectivity index (χ0) is 19.1. The smallest absolute Gasteiger partial charge is 0.191 e. The molecule has 0 spiro atoms. The van der Waals surface area contributed by atoms with Gasteiger partial charge in [0.15, 0.2) is 5.96 Å². The van der Waals surface area contributed by atoms with Crippen molar-refractivity contribution in [2.45, 2.75) is 53.7 Å². The van der Waals surface area contributed by atoms with Crippen LogP contribution in [0.3, 0.4) is 0 Å². The summed E-state index contributed by atoms with van der Waals surface area (Å²) < 4.78 is 5.94. The van der Waals surface area contributed by atoms with E-state index in [9.17, 15) is 0 Å². The average molecular weight is 375 g/mol. The predicted molar refractivity (Wildman–Crippen MR) is 110 cm³/mol. The van der Waals surface area contributed by atoms with Crippen LogP contribution in [0.2, 0.25) is 0 Å². The summed E-state index contributed by atoms with van der Waals surface area (Å²) in [4.78, 5) is 10.1. The number of ether oxygens (including phenoxy) is 1. The third-order valence-electron chi connectivity index (χ3n) is 3.90. The second-order valence-corrected chi connectivity index (χ2v) is 7.91. The standard InChI is InChI=1S/C20H30N4OS/c1-13(2)25-18-11-14(3)7-8-17(18)12-23-20(21-6)22-10-9-19-15(4)24-16(5)26-19/h7-8,11,13H,9-10,12H2,1-6H3,(H2,21,22,23). The normalized spacial score (nSPS) is 11.7. The predicted octanol–water partition coefficient (Wildman–Crippen LogP) is 3.76. The van der Waals surface area contributed by atoms with Crippen molar-refractivity contribution in [3.05, 3.63) is 44.9 Å². The first-order valence-electron chi connectivity index (χ1n) is 9.02. The Hall–Kier alpha value is -2.08. The number of guanidine groups is 1. The van der Waals surface area contributed by atoms with Crippen LogP contribution in [0.15, 0.2) is 23.2 Å². The fourth-order valence-electron chi connectivity index (χ4n) is 2.67. The topological polar surface area (TPSA) is 58.5 Å². The summed E-state index contributed by atoms with van der Waals surface area (Å²) in [6, 6.07) is 6.30. The van der Waals surface area contributed by atoms with Gasteiger partial charge in [-0.15, -0.1) is 11.3 Å². The maximum atomic E-state index is 5.94. The minimum Gasteiger partial charge on any atom is -0.491 e. The number of nitrogens with one attached hydrogen (secondary N) is 2. The van der Waals surface area contributed by atoms with E-state index >= 15 is 0 Å². The van der Waals surface area contributed by atoms with E-state index < -0.39 is 0 Å². The van der Waals surface area contributed by atoms with Crippen LogP contribution >= 0.6 is 11.3 Å². The molecule has 0 aliphatic heterocycles. The first-order chi connectivity index (χ1) is 12.4. The van der Waals surface area contributed by atoms with Crippen LogP contribution in [0.1, 0.15) is 40.6 Å². The number of aliphatic imine (C=N–C) groups is 1. The second-order valence-electron chi connectivity index (χ2n) is 6.62. The molecular weight excluding hydrogens is 344 g/mol. The van der Waals surface area contributed by atoms with Gasteiger partial charge in [0.05, 0.1) is 16.8 Å². The Kier molecular flexibility index (Phi) is 7.45. The van der Waals surface area contributed by atoms with Gasteiger partial charge in [-0.1, -0.05) is 12.1 Å². The van der Waals surface area contributed by atoms with Gasteiger partial charge in [0.1, 0.15) is 5.75 Å². The SMILES string of the molecule is CN=C(NCCc1sc(C)nc1C)NCc1ccc(C)cc1OC(C)C. The van der Waals surface area contributed by atoms with E-state index in [1.165, 1.54) is 10.4 Å². The molecule has 0 atom stereocenters. The third-order valence-corrected chi connectivity index (χ3v) is 5.03. The summed E-state index contributed by atoms with van der Waals surface area (Å²) >= 11 is 1.76. The highest BCUT2D eigenvalue weighted by Gasteiger charge is 2.08. The van der Waals surface area contributed by atoms with Gasteiger partial charge in [-0.05, 0) is 46.2 Å². The molecule has 0 aliphatic carbocycles. The van der Waals surface area contributed by atoms with Crippen molar-refractivity contribution in [2.75, 3.05) is 13.6 Å². The van der Waals surface area contributed by atoms with Crippen LogP contribution in [0.4, 0.5) is 0 Å². The molecular formula is C20H30N4OS. The molecule has 1 heterocycles. The molecule has 0 bridgehead atoms. The summed E-state index contributed by atoms with van der Waals surface area (Å²) in [5.41, 5.74) is 3.45. The molecule has 2 rings (SSSR count). The Morgan fingerprint density at radius 2 is 2.00 bits per heavy atom. The molecule has 0 amide bonds. The molecule has 0 saturated heterocycles. The van der Waals surface area contributed by atoms with Gasteiger partial charge < -0.3 is 15.4 Å². The van der Waals surface area contributed by atoms with E-state index in [1.54, 1.807) is 18.4 Å². The Morgan fingerprint density at radius 3 is 2.62 bits per heavy atom. The molecule has 5 nitrogen and oxygen atoms in total. The van der Waals surface area contributed by atoms with Crippen molar-refractivity contribution in [3.63, 3.8) is 0 Å². The summed E-state index contributed by atoms with van der Waals surface area (Å²) in [5, 5.41) is 7.87. The van der Waals surface area contributed by atoms with E-state index in [0.717, 1.165) is 40.9 Å². The lowest BCUT2D eigenvalue weighted by Gasteiger charge is -2.17. The van der Waals surface area contributed by atoms with E-state index in [2.05, 4.69) is 52.7 Å². The van der Waals surface area contributed by atoms with Crippen molar-refractivity contribution in [3.8, 4) is 5.75 Å². The minimum atomic E-state index is 0.152. The molecule has 6 heteroatoms. The van der Waals surface area contributed by atoms with Gasteiger partial charge in [-0.3, -0.25) is 4.99 Å². The van der Waals surface area contributed by atoms with E-state index in [4.69, 9.17) is 4.74 Å². The van der Waals surface area contributed by atoms with Crippen molar-refractivity contribution in [1.82, 2.24) is 15.6 Å². The van der Waals surface area contributed by atoms with Gasteiger partial charge >= 0.3 is 0 Å². The first-order valence-corrected chi connectivity index (χ1v) is 9.84. The average Bonchev–Trinajstić information content (AvgIpc) is 2.89. The maximum Gasteiger partial charge on any atom is 0.191 e. The second kappa shape index (κ2) is 9.57. The number of thiazole rings is 1. The number of aromatic nitrogens is 1. The van der Waals surface area contributed by atoms with Crippen molar-refractivity contribution < 1.29 is 4.74 Å². The van der Waals surface area contributed by atoms with Crippen molar-refractivity contribution >= 4 is 17.3 Å². The van der Waals surface area contributed by atoms with Gasteiger partial charge in [0.25, 0.3) is 0 Å². The lowest BCUT2D eigenvalue weighted by Crippen LogP contribution is -2.38. The number of benzene rings is 1. The molecule has 0 fully saturated rings. The quantitative estimate of drug-likeness (QED) is 0.572. The van der Waals surface area contributed by atoms with Crippen LogP contribution in [-0.2, 0) is 13.0 Å². The molecule has 0 aliphatic rings. The van der Waals surface area contributed by atoms with Gasteiger partial charge in [-0.25, -0.2) is 4.98 Å². The monoisotopic (exact) mass is 374 g/mol. The zero-order valence-electron chi connectivity index (χ0n) is 16.6. The van der Waals surface area contributed by atoms with E-state index in [1.807, 2.05) is 20.8 Å². The van der Waals surface area contributed by atoms with Crippen molar-refractivity contribution in [2.24, 2.45) is 4.99 Å². The van der Waals surface area contributed by atoms with E-state index in [0.29, 0.717) is 6.54 Å². The fraction of sp³-hybridized carbons (Fsp3) is 0.500. The Morgan fingerprint density at radius 1 is 1.23 bits per heavy atom. The van der Waals surface area contributed by atoms with Gasteiger partial charge in [0.2, 0.25) is 0 Å². The summed E-state index contributed by atoms with van der Waals surface area (Å²) in [5.74, 6) is 1.72. The van der Waals surface area contributed by atoms with Crippen LogP contribution < -0.4 is 15.4 Å². The minimum absolute atomic E-state index is 0.152. The highest BCUT2D eigenvalue weighted by molar-refractivity contribution is 7.11. The Labute approximate surface area is 160 Å². The highest BCUT2D eigenvalue weighted by Crippen LogP contribution is 2.21. The highest BCUT2D eigenvalue weighted by atomic mass is 32.1. The molecule has 0 radical (unpaired) electrons. The molecule has 26 heavy (non-hydrogen) atoms.